The molecule has 5 heteroatoms. The lowest BCUT2D eigenvalue weighted by Crippen LogP contribution is -2.39. The van der Waals surface area contributed by atoms with E-state index in [4.69, 9.17) is 9.73 Å². The molecule has 1 atom stereocenters. The van der Waals surface area contributed by atoms with Gasteiger partial charge in [0, 0.05) is 32.1 Å². The molecule has 1 aliphatic heterocycles. The molecule has 0 spiro atoms. The Balaban J connectivity index is 0.00000208. The largest absolute Gasteiger partial charge is 0.493 e. The molecule has 1 unspecified atom stereocenters. The molecule has 4 nitrogen and oxygen atoms in total. The number of ether oxygens (including phenoxy) is 1. The quantitative estimate of drug-likeness (QED) is 0.452. The molecule has 24 heavy (non-hydrogen) atoms. The van der Waals surface area contributed by atoms with Gasteiger partial charge in [0.15, 0.2) is 5.96 Å². The van der Waals surface area contributed by atoms with Crippen molar-refractivity contribution in [1.29, 1.82) is 0 Å². The molecule has 1 heterocycles. The summed E-state index contributed by atoms with van der Waals surface area (Å²) in [6.45, 7) is 2.23. The van der Waals surface area contributed by atoms with Gasteiger partial charge < -0.3 is 15.0 Å². The number of aliphatic imine (C=N–C) groups is 1. The first-order valence-corrected chi connectivity index (χ1v) is 7.95. The summed E-state index contributed by atoms with van der Waals surface area (Å²) in [5, 5.41) is 3.47. The normalized spacial score (nSPS) is 15.9. The van der Waals surface area contributed by atoms with E-state index < -0.39 is 0 Å². The molecule has 0 aromatic heterocycles. The van der Waals surface area contributed by atoms with Crippen LogP contribution in [0.3, 0.4) is 0 Å². The Bertz CT molecular complexity index is 673. The van der Waals surface area contributed by atoms with E-state index in [1.807, 2.05) is 49.3 Å². The lowest BCUT2D eigenvalue weighted by molar-refractivity contribution is 0.329. The molecule has 0 bridgehead atoms. The summed E-state index contributed by atoms with van der Waals surface area (Å²) in [6, 6.07) is 18.6. The van der Waals surface area contributed by atoms with Crippen LogP contribution in [0.1, 0.15) is 17.0 Å². The summed E-state index contributed by atoms with van der Waals surface area (Å²) in [7, 11) is 4.02. The van der Waals surface area contributed by atoms with Gasteiger partial charge in [0.1, 0.15) is 5.75 Å². The van der Waals surface area contributed by atoms with Crippen LogP contribution in [0.15, 0.2) is 59.6 Å². The molecule has 1 aliphatic rings. The molecule has 2 aromatic carbocycles. The number of hydrogen-bond acceptors (Lipinski definition) is 2. The Morgan fingerprint density at radius 2 is 1.83 bits per heavy atom. The Morgan fingerprint density at radius 1 is 1.12 bits per heavy atom. The number of guanidine groups is 1. The second-order valence-corrected chi connectivity index (χ2v) is 5.95. The minimum atomic E-state index is 0. The van der Waals surface area contributed by atoms with Gasteiger partial charge >= 0.3 is 0 Å². The van der Waals surface area contributed by atoms with Gasteiger partial charge in [-0.3, -0.25) is 0 Å². The molecule has 1 N–H and O–H groups in total. The van der Waals surface area contributed by atoms with Crippen molar-refractivity contribution in [3.63, 3.8) is 0 Å². The molecule has 0 amide bonds. The third kappa shape index (κ3) is 4.63. The molecule has 2 aromatic rings. The van der Waals surface area contributed by atoms with Crippen molar-refractivity contribution in [2.24, 2.45) is 4.99 Å². The van der Waals surface area contributed by atoms with Gasteiger partial charge in [-0.1, -0.05) is 48.5 Å². The maximum absolute atomic E-state index is 5.74. The molecular weight excluding hydrogens is 413 g/mol. The summed E-state index contributed by atoms with van der Waals surface area (Å²) in [4.78, 5) is 6.72. The summed E-state index contributed by atoms with van der Waals surface area (Å²) >= 11 is 0. The number of rotatable bonds is 4. The number of halogens is 1. The van der Waals surface area contributed by atoms with E-state index in [0.29, 0.717) is 12.5 Å². The highest BCUT2D eigenvalue weighted by Gasteiger charge is 2.23. The number of nitrogens with zero attached hydrogens (tertiary/aromatic N) is 2. The van der Waals surface area contributed by atoms with E-state index in [2.05, 4.69) is 29.6 Å². The first-order valence-electron chi connectivity index (χ1n) is 7.95. The Hall–Kier alpha value is -1.76. The Morgan fingerprint density at radius 3 is 2.58 bits per heavy atom. The van der Waals surface area contributed by atoms with Gasteiger partial charge in [0.05, 0.1) is 13.2 Å². The molecule has 3 rings (SSSR count). The fourth-order valence-electron chi connectivity index (χ4n) is 2.72. The van der Waals surface area contributed by atoms with Crippen LogP contribution in [0.4, 0.5) is 0 Å². The molecular formula is C19H24IN3O. The van der Waals surface area contributed by atoms with Crippen molar-refractivity contribution in [3.05, 3.63) is 65.7 Å². The van der Waals surface area contributed by atoms with Crippen LogP contribution in [-0.2, 0) is 6.54 Å². The van der Waals surface area contributed by atoms with Crippen LogP contribution in [-0.4, -0.2) is 38.1 Å². The zero-order chi connectivity index (χ0) is 16.1. The molecule has 0 fully saturated rings. The smallest absolute Gasteiger partial charge is 0.193 e. The predicted octanol–water partition coefficient (Wildman–Crippen LogP) is 3.49. The fourth-order valence-corrected chi connectivity index (χ4v) is 2.72. The van der Waals surface area contributed by atoms with Gasteiger partial charge in [-0.25, -0.2) is 4.99 Å². The number of hydrogen-bond donors (Lipinski definition) is 1. The molecule has 128 valence electrons. The molecule has 0 saturated heterocycles. The van der Waals surface area contributed by atoms with Gasteiger partial charge in [-0.05, 0) is 11.6 Å². The highest BCUT2D eigenvalue weighted by Crippen LogP contribution is 2.32. The number of benzene rings is 2. The average molecular weight is 437 g/mol. The zero-order valence-corrected chi connectivity index (χ0v) is 16.4. The van der Waals surface area contributed by atoms with E-state index in [1.165, 1.54) is 11.1 Å². The minimum absolute atomic E-state index is 0. The predicted molar refractivity (Wildman–Crippen MR) is 109 cm³/mol. The number of fused-ring (bicyclic) bond motifs is 1. The SMILES string of the molecule is CN(C)C(=NCc1ccccc1)NCC1COc2ccccc21.I. The Labute approximate surface area is 160 Å². The van der Waals surface area contributed by atoms with Gasteiger partial charge in [0.2, 0.25) is 0 Å². The number of para-hydroxylation sites is 1. The van der Waals surface area contributed by atoms with E-state index >= 15 is 0 Å². The van der Waals surface area contributed by atoms with Crippen molar-refractivity contribution in [2.75, 3.05) is 27.2 Å². The number of nitrogens with one attached hydrogen (secondary N) is 1. The lowest BCUT2D eigenvalue weighted by atomic mass is 10.0. The van der Waals surface area contributed by atoms with E-state index in [9.17, 15) is 0 Å². The summed E-state index contributed by atoms with van der Waals surface area (Å²) in [5.74, 6) is 2.28. The average Bonchev–Trinajstić information content (AvgIpc) is 2.99. The van der Waals surface area contributed by atoms with Gasteiger partial charge in [-0.2, -0.15) is 0 Å². The van der Waals surface area contributed by atoms with E-state index in [1.54, 1.807) is 0 Å². The highest BCUT2D eigenvalue weighted by atomic mass is 127. The molecule has 0 radical (unpaired) electrons. The molecule has 0 aliphatic carbocycles. The van der Waals surface area contributed by atoms with Crippen LogP contribution in [0.25, 0.3) is 0 Å². The van der Waals surface area contributed by atoms with E-state index in [-0.39, 0.29) is 24.0 Å². The van der Waals surface area contributed by atoms with Crippen LogP contribution >= 0.6 is 24.0 Å². The fraction of sp³-hybridized carbons (Fsp3) is 0.316. The molecule has 0 saturated carbocycles. The standard InChI is InChI=1S/C19H23N3O.HI/c1-22(2)19(20-12-15-8-4-3-5-9-15)21-13-16-14-23-18-11-7-6-10-17(16)18;/h3-11,16H,12-14H2,1-2H3,(H,20,21);1H. The van der Waals surface area contributed by atoms with Crippen LogP contribution in [0, 0.1) is 0 Å². The second kappa shape index (κ2) is 8.92. The minimum Gasteiger partial charge on any atom is -0.493 e. The van der Waals surface area contributed by atoms with Crippen molar-refractivity contribution in [2.45, 2.75) is 12.5 Å². The van der Waals surface area contributed by atoms with Crippen LogP contribution in [0.2, 0.25) is 0 Å². The first kappa shape index (κ1) is 18.6. The Kier molecular flexibility index (Phi) is 6.90. The lowest BCUT2D eigenvalue weighted by Gasteiger charge is -2.19. The first-order chi connectivity index (χ1) is 11.2. The van der Waals surface area contributed by atoms with Crippen molar-refractivity contribution >= 4 is 29.9 Å². The van der Waals surface area contributed by atoms with Crippen molar-refractivity contribution < 1.29 is 4.74 Å². The van der Waals surface area contributed by atoms with Gasteiger partial charge in [-0.15, -0.1) is 24.0 Å². The van der Waals surface area contributed by atoms with Gasteiger partial charge in [0.25, 0.3) is 0 Å². The maximum atomic E-state index is 5.74. The second-order valence-electron chi connectivity index (χ2n) is 5.95. The highest BCUT2D eigenvalue weighted by molar-refractivity contribution is 14.0. The topological polar surface area (TPSA) is 36.9 Å². The summed E-state index contributed by atoms with van der Waals surface area (Å²) < 4.78 is 5.74. The van der Waals surface area contributed by atoms with Crippen LogP contribution < -0.4 is 10.1 Å². The zero-order valence-electron chi connectivity index (χ0n) is 14.1. The summed E-state index contributed by atoms with van der Waals surface area (Å²) in [6.07, 6.45) is 0. The maximum Gasteiger partial charge on any atom is 0.193 e. The van der Waals surface area contributed by atoms with Crippen molar-refractivity contribution in [1.82, 2.24) is 10.2 Å². The van der Waals surface area contributed by atoms with E-state index in [0.717, 1.165) is 24.9 Å². The third-order valence-electron chi connectivity index (χ3n) is 3.98. The van der Waals surface area contributed by atoms with Crippen LogP contribution in [0.5, 0.6) is 5.75 Å². The monoisotopic (exact) mass is 437 g/mol. The third-order valence-corrected chi connectivity index (χ3v) is 3.98. The summed E-state index contributed by atoms with van der Waals surface area (Å²) in [5.41, 5.74) is 2.49. The van der Waals surface area contributed by atoms with Crippen molar-refractivity contribution in [3.8, 4) is 5.75 Å².